The molecule has 1 rings (SSSR count). The minimum atomic E-state index is 0.126. The molecule has 0 spiro atoms. The van der Waals surface area contributed by atoms with Crippen LogP contribution in [0.3, 0.4) is 0 Å². The van der Waals surface area contributed by atoms with Crippen LogP contribution in [-0.4, -0.2) is 18.0 Å². The van der Waals surface area contributed by atoms with Crippen LogP contribution < -0.4 is 4.74 Å². The molecule has 132 valence electrons. The lowest BCUT2D eigenvalue weighted by molar-refractivity contribution is -0.118. The zero-order chi connectivity index (χ0) is 17.9. The SMILES string of the molecule is COc1cc(CCC(=O)CC/C=C(\C)CCC=C(C)C)ccc1O. The maximum Gasteiger partial charge on any atom is 0.160 e. The number of rotatable bonds is 10. The quantitative estimate of drug-likeness (QED) is 0.586. The van der Waals surface area contributed by atoms with E-state index in [1.165, 1.54) is 18.3 Å². The van der Waals surface area contributed by atoms with E-state index < -0.39 is 0 Å². The molecule has 0 amide bonds. The monoisotopic (exact) mass is 330 g/mol. The molecular formula is C21H30O3. The molecule has 24 heavy (non-hydrogen) atoms. The molecule has 0 aliphatic carbocycles. The average molecular weight is 330 g/mol. The van der Waals surface area contributed by atoms with Gasteiger partial charge in [0.1, 0.15) is 5.78 Å². The molecule has 0 atom stereocenters. The number of carbonyl (C=O) groups is 1. The molecule has 0 radical (unpaired) electrons. The molecule has 0 unspecified atom stereocenters. The number of Topliss-reactive ketones (excluding diaryl/α,β-unsaturated/α-hetero) is 1. The van der Waals surface area contributed by atoms with E-state index >= 15 is 0 Å². The number of hydrogen-bond acceptors (Lipinski definition) is 3. The summed E-state index contributed by atoms with van der Waals surface area (Å²) in [7, 11) is 1.52. The Hall–Kier alpha value is -2.03. The molecule has 0 heterocycles. The van der Waals surface area contributed by atoms with Crippen LogP contribution in [0.4, 0.5) is 0 Å². The number of aryl methyl sites for hydroxylation is 1. The van der Waals surface area contributed by atoms with Gasteiger partial charge in [-0.25, -0.2) is 0 Å². The third-order valence-corrected chi connectivity index (χ3v) is 3.94. The van der Waals surface area contributed by atoms with E-state index in [9.17, 15) is 9.90 Å². The second kappa shape index (κ2) is 10.7. The zero-order valence-electron chi connectivity index (χ0n) is 15.4. The zero-order valence-corrected chi connectivity index (χ0v) is 15.4. The number of hydrogen-bond donors (Lipinski definition) is 1. The first-order valence-electron chi connectivity index (χ1n) is 8.59. The summed E-state index contributed by atoms with van der Waals surface area (Å²) in [6.45, 7) is 6.36. The fraction of sp³-hybridized carbons (Fsp3) is 0.476. The molecule has 1 aromatic rings. The highest BCUT2D eigenvalue weighted by Gasteiger charge is 2.06. The largest absolute Gasteiger partial charge is 0.504 e. The molecule has 3 nitrogen and oxygen atoms in total. The number of allylic oxidation sites excluding steroid dienone is 4. The van der Waals surface area contributed by atoms with E-state index in [4.69, 9.17) is 4.74 Å². The molecule has 3 heteroatoms. The Kier molecular flexibility index (Phi) is 8.92. The van der Waals surface area contributed by atoms with E-state index in [2.05, 4.69) is 32.9 Å². The number of aromatic hydroxyl groups is 1. The number of phenols is 1. The Morgan fingerprint density at radius 2 is 1.79 bits per heavy atom. The summed E-state index contributed by atoms with van der Waals surface area (Å²) in [4.78, 5) is 12.0. The van der Waals surface area contributed by atoms with E-state index in [0.29, 0.717) is 25.0 Å². The molecule has 0 fully saturated rings. The van der Waals surface area contributed by atoms with Crippen molar-refractivity contribution in [2.24, 2.45) is 0 Å². The van der Waals surface area contributed by atoms with Crippen LogP contribution in [0, 0.1) is 0 Å². The maximum absolute atomic E-state index is 12.0. The Morgan fingerprint density at radius 1 is 1.08 bits per heavy atom. The van der Waals surface area contributed by atoms with Gasteiger partial charge >= 0.3 is 0 Å². The normalized spacial score (nSPS) is 11.2. The third kappa shape index (κ3) is 8.00. The first-order chi connectivity index (χ1) is 11.4. The Morgan fingerprint density at radius 3 is 2.46 bits per heavy atom. The number of phenolic OH excluding ortho intramolecular Hbond substituents is 1. The molecule has 1 N–H and O–H groups in total. The van der Waals surface area contributed by atoms with E-state index in [0.717, 1.165) is 24.8 Å². The van der Waals surface area contributed by atoms with E-state index in [1.807, 2.05) is 6.07 Å². The van der Waals surface area contributed by atoms with Crippen LogP contribution in [0.1, 0.15) is 58.4 Å². The van der Waals surface area contributed by atoms with Gasteiger partial charge in [0.25, 0.3) is 0 Å². The third-order valence-electron chi connectivity index (χ3n) is 3.94. The molecular weight excluding hydrogens is 300 g/mol. The summed E-state index contributed by atoms with van der Waals surface area (Å²) < 4.78 is 5.08. The van der Waals surface area contributed by atoms with Crippen molar-refractivity contribution in [2.45, 2.75) is 59.3 Å². The van der Waals surface area contributed by atoms with Gasteiger partial charge in [-0.1, -0.05) is 29.4 Å². The van der Waals surface area contributed by atoms with Gasteiger partial charge in [0.2, 0.25) is 0 Å². The minimum Gasteiger partial charge on any atom is -0.504 e. The Labute approximate surface area is 146 Å². The van der Waals surface area contributed by atoms with Crippen LogP contribution in [-0.2, 0) is 11.2 Å². The van der Waals surface area contributed by atoms with Crippen molar-refractivity contribution in [3.63, 3.8) is 0 Å². The van der Waals surface area contributed by atoms with Crippen molar-refractivity contribution < 1.29 is 14.6 Å². The molecule has 0 bridgehead atoms. The number of ketones is 1. The van der Waals surface area contributed by atoms with E-state index in [1.54, 1.807) is 12.1 Å². The van der Waals surface area contributed by atoms with Gasteiger partial charge in [-0.3, -0.25) is 4.79 Å². The van der Waals surface area contributed by atoms with Gasteiger partial charge in [-0.2, -0.15) is 0 Å². The van der Waals surface area contributed by atoms with Crippen molar-refractivity contribution in [1.82, 2.24) is 0 Å². The summed E-state index contributed by atoms with van der Waals surface area (Å²) in [5.74, 6) is 0.853. The minimum absolute atomic E-state index is 0.126. The predicted molar refractivity (Wildman–Crippen MR) is 99.6 cm³/mol. The lowest BCUT2D eigenvalue weighted by Crippen LogP contribution is -2.00. The number of ether oxygens (including phenoxy) is 1. The Bertz CT molecular complexity index is 593. The lowest BCUT2D eigenvalue weighted by Gasteiger charge is -2.06. The number of methoxy groups -OCH3 is 1. The van der Waals surface area contributed by atoms with Gasteiger partial charge in [0, 0.05) is 12.8 Å². The van der Waals surface area contributed by atoms with Crippen molar-refractivity contribution >= 4 is 5.78 Å². The van der Waals surface area contributed by atoms with Crippen LogP contribution >= 0.6 is 0 Å². The Balaban J connectivity index is 2.32. The first kappa shape index (κ1) is 20.0. The van der Waals surface area contributed by atoms with Gasteiger partial charge in [0.15, 0.2) is 11.5 Å². The summed E-state index contributed by atoms with van der Waals surface area (Å²) in [6.07, 6.45) is 9.17. The highest BCUT2D eigenvalue weighted by molar-refractivity contribution is 5.78. The molecule has 1 aromatic carbocycles. The highest BCUT2D eigenvalue weighted by Crippen LogP contribution is 2.26. The smallest absolute Gasteiger partial charge is 0.160 e. The molecule has 0 aliphatic heterocycles. The topological polar surface area (TPSA) is 46.5 Å². The number of benzene rings is 1. The van der Waals surface area contributed by atoms with Crippen molar-refractivity contribution in [3.8, 4) is 11.5 Å². The fourth-order valence-electron chi connectivity index (χ4n) is 2.46. The van der Waals surface area contributed by atoms with Crippen molar-refractivity contribution in [2.75, 3.05) is 7.11 Å². The van der Waals surface area contributed by atoms with Gasteiger partial charge in [0.05, 0.1) is 7.11 Å². The van der Waals surface area contributed by atoms with Gasteiger partial charge < -0.3 is 9.84 Å². The second-order valence-electron chi connectivity index (χ2n) is 6.45. The molecule has 0 aliphatic rings. The molecule has 0 saturated heterocycles. The van der Waals surface area contributed by atoms with Crippen LogP contribution in [0.2, 0.25) is 0 Å². The molecule has 0 aromatic heterocycles. The van der Waals surface area contributed by atoms with Crippen LogP contribution in [0.25, 0.3) is 0 Å². The van der Waals surface area contributed by atoms with E-state index in [-0.39, 0.29) is 11.5 Å². The fourth-order valence-corrected chi connectivity index (χ4v) is 2.46. The van der Waals surface area contributed by atoms with Crippen molar-refractivity contribution in [1.29, 1.82) is 0 Å². The first-order valence-corrected chi connectivity index (χ1v) is 8.59. The summed E-state index contributed by atoms with van der Waals surface area (Å²) >= 11 is 0. The summed E-state index contributed by atoms with van der Waals surface area (Å²) in [5.41, 5.74) is 3.71. The van der Waals surface area contributed by atoms with Gasteiger partial charge in [-0.05, 0) is 64.2 Å². The van der Waals surface area contributed by atoms with Crippen molar-refractivity contribution in [3.05, 3.63) is 47.1 Å². The standard InChI is InChI=1S/C21H30O3/c1-16(2)7-5-8-17(3)9-6-10-19(22)13-11-18-12-14-20(23)21(15-18)24-4/h7,9,12,14-15,23H,5-6,8,10-11,13H2,1-4H3/b17-9+. The van der Waals surface area contributed by atoms with Gasteiger partial charge in [-0.15, -0.1) is 0 Å². The van der Waals surface area contributed by atoms with Crippen LogP contribution in [0.15, 0.2) is 41.5 Å². The lowest BCUT2D eigenvalue weighted by atomic mass is 10.0. The highest BCUT2D eigenvalue weighted by atomic mass is 16.5. The summed E-state index contributed by atoms with van der Waals surface area (Å²) in [6, 6.07) is 5.23. The maximum atomic E-state index is 12.0. The number of carbonyl (C=O) groups excluding carboxylic acids is 1. The summed E-state index contributed by atoms with van der Waals surface area (Å²) in [5, 5.41) is 9.57. The predicted octanol–water partition coefficient (Wildman–Crippen LogP) is 5.38. The van der Waals surface area contributed by atoms with Crippen LogP contribution in [0.5, 0.6) is 11.5 Å². The second-order valence-corrected chi connectivity index (χ2v) is 6.45. The average Bonchev–Trinajstić information content (AvgIpc) is 2.53. The molecule has 0 saturated carbocycles.